The van der Waals surface area contributed by atoms with Crippen LogP contribution < -0.4 is 15.8 Å². The molecule has 1 fully saturated rings. The summed E-state index contributed by atoms with van der Waals surface area (Å²) in [5.74, 6) is 0.483. The van der Waals surface area contributed by atoms with E-state index >= 15 is 0 Å². The summed E-state index contributed by atoms with van der Waals surface area (Å²) in [6, 6.07) is 5.42. The Balaban J connectivity index is 2.08. The average Bonchev–Trinajstić information content (AvgIpc) is 2.67. The molecule has 4 heteroatoms. The lowest BCUT2D eigenvalue weighted by atomic mass is 10.1. The van der Waals surface area contributed by atoms with Gasteiger partial charge in [0.05, 0.1) is 12.7 Å². The number of carbonyl (C=O) groups excluding carboxylic acids is 1. The molecule has 2 rings (SSSR count). The number of benzene rings is 1. The van der Waals surface area contributed by atoms with Gasteiger partial charge in [-0.05, 0) is 31.0 Å². The SMILES string of the molecule is COc1ccc(N)cc1C(=O)NC1CCCCCC1. The summed E-state index contributed by atoms with van der Waals surface area (Å²) >= 11 is 0. The highest BCUT2D eigenvalue weighted by molar-refractivity contribution is 5.98. The molecule has 0 aromatic heterocycles. The van der Waals surface area contributed by atoms with Crippen LogP contribution in [0.5, 0.6) is 5.75 Å². The fourth-order valence-corrected chi connectivity index (χ4v) is 2.59. The third-order valence-electron chi connectivity index (χ3n) is 3.66. The van der Waals surface area contributed by atoms with E-state index in [0.29, 0.717) is 17.0 Å². The van der Waals surface area contributed by atoms with Gasteiger partial charge in [-0.25, -0.2) is 0 Å². The van der Waals surface area contributed by atoms with E-state index < -0.39 is 0 Å². The van der Waals surface area contributed by atoms with Crippen LogP contribution in [0, 0.1) is 0 Å². The Labute approximate surface area is 114 Å². The van der Waals surface area contributed by atoms with Gasteiger partial charge in [0.25, 0.3) is 5.91 Å². The van der Waals surface area contributed by atoms with Gasteiger partial charge in [0.2, 0.25) is 0 Å². The first-order valence-corrected chi connectivity index (χ1v) is 6.95. The van der Waals surface area contributed by atoms with E-state index in [0.717, 1.165) is 12.8 Å². The van der Waals surface area contributed by atoms with Gasteiger partial charge in [0, 0.05) is 11.7 Å². The number of amides is 1. The molecule has 0 saturated heterocycles. The van der Waals surface area contributed by atoms with Gasteiger partial charge in [-0.3, -0.25) is 4.79 Å². The van der Waals surface area contributed by atoms with Crippen molar-refractivity contribution in [2.75, 3.05) is 12.8 Å². The number of ether oxygens (including phenoxy) is 1. The van der Waals surface area contributed by atoms with Crippen LogP contribution in [0.25, 0.3) is 0 Å². The van der Waals surface area contributed by atoms with E-state index in [1.165, 1.54) is 25.7 Å². The zero-order valence-electron chi connectivity index (χ0n) is 11.4. The summed E-state index contributed by atoms with van der Waals surface area (Å²) < 4.78 is 5.22. The van der Waals surface area contributed by atoms with Gasteiger partial charge in [-0.15, -0.1) is 0 Å². The van der Waals surface area contributed by atoms with E-state index in [9.17, 15) is 4.79 Å². The van der Waals surface area contributed by atoms with Crippen molar-refractivity contribution in [2.24, 2.45) is 0 Å². The molecule has 3 N–H and O–H groups in total. The maximum absolute atomic E-state index is 12.3. The average molecular weight is 262 g/mol. The molecule has 0 aliphatic heterocycles. The van der Waals surface area contributed by atoms with Crippen molar-refractivity contribution in [3.63, 3.8) is 0 Å². The monoisotopic (exact) mass is 262 g/mol. The van der Waals surface area contributed by atoms with Crippen molar-refractivity contribution in [2.45, 2.75) is 44.6 Å². The fourth-order valence-electron chi connectivity index (χ4n) is 2.59. The quantitative estimate of drug-likeness (QED) is 0.650. The molecule has 1 saturated carbocycles. The number of hydrogen-bond donors (Lipinski definition) is 2. The molecule has 1 aliphatic rings. The molecular weight excluding hydrogens is 240 g/mol. The lowest BCUT2D eigenvalue weighted by Crippen LogP contribution is -2.34. The van der Waals surface area contributed by atoms with Crippen molar-refractivity contribution in [3.05, 3.63) is 23.8 Å². The first-order valence-electron chi connectivity index (χ1n) is 6.95. The largest absolute Gasteiger partial charge is 0.496 e. The molecule has 4 nitrogen and oxygen atoms in total. The van der Waals surface area contributed by atoms with Crippen LogP contribution in [0.4, 0.5) is 5.69 Å². The molecule has 19 heavy (non-hydrogen) atoms. The third kappa shape index (κ3) is 3.63. The van der Waals surface area contributed by atoms with Gasteiger partial charge in [-0.1, -0.05) is 25.7 Å². The lowest BCUT2D eigenvalue weighted by molar-refractivity contribution is 0.0930. The Hall–Kier alpha value is -1.71. The van der Waals surface area contributed by atoms with Crippen LogP contribution in [0.3, 0.4) is 0 Å². The third-order valence-corrected chi connectivity index (χ3v) is 3.66. The van der Waals surface area contributed by atoms with Gasteiger partial charge in [-0.2, -0.15) is 0 Å². The molecule has 1 aliphatic carbocycles. The molecule has 0 atom stereocenters. The van der Waals surface area contributed by atoms with Gasteiger partial charge < -0.3 is 15.8 Å². The predicted molar refractivity (Wildman–Crippen MR) is 76.4 cm³/mol. The van der Waals surface area contributed by atoms with Crippen LogP contribution >= 0.6 is 0 Å². The second-order valence-corrected chi connectivity index (χ2v) is 5.12. The Morgan fingerprint density at radius 1 is 1.26 bits per heavy atom. The number of rotatable bonds is 3. The minimum atomic E-state index is -0.0870. The number of methoxy groups -OCH3 is 1. The van der Waals surface area contributed by atoms with Crippen LogP contribution in [0.1, 0.15) is 48.9 Å². The Kier molecular flexibility index (Phi) is 4.66. The Bertz CT molecular complexity index is 438. The normalized spacial score (nSPS) is 16.7. The molecule has 0 heterocycles. The maximum Gasteiger partial charge on any atom is 0.255 e. The van der Waals surface area contributed by atoms with Crippen LogP contribution in [-0.4, -0.2) is 19.1 Å². The number of nitrogens with two attached hydrogens (primary N) is 1. The van der Waals surface area contributed by atoms with Crippen molar-refractivity contribution in [1.29, 1.82) is 0 Å². The van der Waals surface area contributed by atoms with Crippen LogP contribution in [0.15, 0.2) is 18.2 Å². The summed E-state index contributed by atoms with van der Waals surface area (Å²) in [5, 5.41) is 3.10. The molecule has 0 bridgehead atoms. The second kappa shape index (κ2) is 6.45. The molecule has 1 aromatic carbocycles. The number of hydrogen-bond acceptors (Lipinski definition) is 3. The number of anilines is 1. The Morgan fingerprint density at radius 2 is 1.95 bits per heavy atom. The second-order valence-electron chi connectivity index (χ2n) is 5.12. The summed E-state index contributed by atoms with van der Waals surface area (Å²) in [4.78, 5) is 12.3. The van der Waals surface area contributed by atoms with Crippen molar-refractivity contribution >= 4 is 11.6 Å². The molecule has 1 aromatic rings. The highest BCUT2D eigenvalue weighted by Crippen LogP contribution is 2.22. The van der Waals surface area contributed by atoms with Crippen LogP contribution in [0.2, 0.25) is 0 Å². The lowest BCUT2D eigenvalue weighted by Gasteiger charge is -2.17. The summed E-state index contributed by atoms with van der Waals surface area (Å²) in [6.45, 7) is 0. The standard InChI is InChI=1S/C15H22N2O2/c1-19-14-9-8-11(16)10-13(14)15(18)17-12-6-4-2-3-5-7-12/h8-10,12H,2-7,16H2,1H3,(H,17,18). The number of carbonyl (C=O) groups is 1. The predicted octanol–water partition coefficient (Wildman–Crippen LogP) is 2.73. The molecule has 0 radical (unpaired) electrons. The van der Waals surface area contributed by atoms with Gasteiger partial charge in [0.15, 0.2) is 0 Å². The molecule has 0 unspecified atom stereocenters. The molecular formula is C15H22N2O2. The minimum absolute atomic E-state index is 0.0870. The van der Waals surface area contributed by atoms with Crippen molar-refractivity contribution < 1.29 is 9.53 Å². The number of nitrogens with one attached hydrogen (secondary N) is 1. The minimum Gasteiger partial charge on any atom is -0.496 e. The van der Waals surface area contributed by atoms with Crippen molar-refractivity contribution in [3.8, 4) is 5.75 Å². The topological polar surface area (TPSA) is 64.3 Å². The van der Waals surface area contributed by atoms with E-state index in [-0.39, 0.29) is 11.9 Å². The number of nitrogen functional groups attached to an aromatic ring is 1. The highest BCUT2D eigenvalue weighted by atomic mass is 16.5. The zero-order valence-corrected chi connectivity index (χ0v) is 11.4. The fraction of sp³-hybridized carbons (Fsp3) is 0.533. The van der Waals surface area contributed by atoms with Gasteiger partial charge >= 0.3 is 0 Å². The van der Waals surface area contributed by atoms with Gasteiger partial charge in [0.1, 0.15) is 5.75 Å². The molecule has 1 amide bonds. The smallest absolute Gasteiger partial charge is 0.255 e. The maximum atomic E-state index is 12.3. The van der Waals surface area contributed by atoms with E-state index in [1.54, 1.807) is 25.3 Å². The first kappa shape index (κ1) is 13.7. The van der Waals surface area contributed by atoms with E-state index in [1.807, 2.05) is 0 Å². The van der Waals surface area contributed by atoms with Crippen molar-refractivity contribution in [1.82, 2.24) is 5.32 Å². The summed E-state index contributed by atoms with van der Waals surface area (Å²) in [6.07, 6.45) is 7.06. The zero-order chi connectivity index (χ0) is 13.7. The summed E-state index contributed by atoms with van der Waals surface area (Å²) in [7, 11) is 1.56. The molecule has 0 spiro atoms. The highest BCUT2D eigenvalue weighted by Gasteiger charge is 2.18. The Morgan fingerprint density at radius 3 is 2.58 bits per heavy atom. The van der Waals surface area contributed by atoms with E-state index in [2.05, 4.69) is 5.32 Å². The summed E-state index contributed by atoms with van der Waals surface area (Å²) in [5.41, 5.74) is 6.84. The molecule has 104 valence electrons. The van der Waals surface area contributed by atoms with E-state index in [4.69, 9.17) is 10.5 Å². The van der Waals surface area contributed by atoms with Crippen LogP contribution in [-0.2, 0) is 0 Å². The first-order chi connectivity index (χ1) is 9.20.